The van der Waals surface area contributed by atoms with E-state index < -0.39 is 29.9 Å². The van der Waals surface area contributed by atoms with Crippen molar-refractivity contribution in [2.75, 3.05) is 6.54 Å². The van der Waals surface area contributed by atoms with Gasteiger partial charge in [-0.05, 0) is 48.6 Å². The van der Waals surface area contributed by atoms with Gasteiger partial charge in [0.25, 0.3) is 5.91 Å². The van der Waals surface area contributed by atoms with E-state index in [2.05, 4.69) is 17.6 Å². The van der Waals surface area contributed by atoms with Crippen LogP contribution in [0.25, 0.3) is 0 Å². The molecule has 0 aromatic heterocycles. The summed E-state index contributed by atoms with van der Waals surface area (Å²) in [5.74, 6) is -1.33. The van der Waals surface area contributed by atoms with Crippen molar-refractivity contribution in [1.29, 1.82) is 0 Å². The molecule has 4 amide bonds. The first-order valence-electron chi connectivity index (χ1n) is 10.00. The number of nitrogens with zero attached hydrogens (tertiary/aromatic N) is 1. The number of carbonyl (C=O) groups is 3. The van der Waals surface area contributed by atoms with E-state index in [1.165, 1.54) is 6.07 Å². The number of aryl methyl sites for hydroxylation is 2. The van der Waals surface area contributed by atoms with Crippen LogP contribution in [0.4, 0.5) is 9.18 Å². The number of carbonyl (C=O) groups excluding carboxylic acids is 3. The zero-order chi connectivity index (χ0) is 21.9. The highest BCUT2D eigenvalue weighted by molar-refractivity contribution is 6.09. The number of hydrogen-bond donors (Lipinski definition) is 2. The van der Waals surface area contributed by atoms with Crippen LogP contribution in [-0.4, -0.2) is 29.3 Å². The second-order valence-electron chi connectivity index (χ2n) is 7.75. The molecule has 0 saturated carbocycles. The van der Waals surface area contributed by atoms with Crippen LogP contribution in [0.3, 0.4) is 0 Å². The molecule has 1 atom stereocenters. The van der Waals surface area contributed by atoms with Gasteiger partial charge in [-0.1, -0.05) is 49.7 Å². The molecule has 7 heteroatoms. The van der Waals surface area contributed by atoms with Crippen molar-refractivity contribution in [1.82, 2.24) is 15.5 Å². The Morgan fingerprint density at radius 1 is 1.13 bits per heavy atom. The van der Waals surface area contributed by atoms with E-state index in [1.54, 1.807) is 26.0 Å². The summed E-state index contributed by atoms with van der Waals surface area (Å²) in [7, 11) is 0. The molecule has 1 aliphatic heterocycles. The summed E-state index contributed by atoms with van der Waals surface area (Å²) in [5.41, 5.74) is 1.72. The van der Waals surface area contributed by atoms with Gasteiger partial charge in [0, 0.05) is 6.54 Å². The van der Waals surface area contributed by atoms with Crippen molar-refractivity contribution in [3.05, 3.63) is 70.5 Å². The Morgan fingerprint density at radius 2 is 1.80 bits per heavy atom. The minimum absolute atomic E-state index is 0.107. The minimum atomic E-state index is -1.22. The van der Waals surface area contributed by atoms with Crippen molar-refractivity contribution in [3.8, 4) is 0 Å². The van der Waals surface area contributed by atoms with Gasteiger partial charge >= 0.3 is 6.03 Å². The maximum Gasteiger partial charge on any atom is 0.325 e. The zero-order valence-corrected chi connectivity index (χ0v) is 17.4. The number of imide groups is 1. The van der Waals surface area contributed by atoms with Gasteiger partial charge in [-0.15, -0.1) is 0 Å². The van der Waals surface area contributed by atoms with Crippen molar-refractivity contribution >= 4 is 17.8 Å². The van der Waals surface area contributed by atoms with E-state index >= 15 is 0 Å². The van der Waals surface area contributed by atoms with Gasteiger partial charge in [-0.3, -0.25) is 14.5 Å². The number of rotatable bonds is 7. The summed E-state index contributed by atoms with van der Waals surface area (Å²) in [4.78, 5) is 38.6. The molecule has 0 bridgehead atoms. The fraction of sp³-hybridized carbons (Fsp3) is 0.348. The van der Waals surface area contributed by atoms with Gasteiger partial charge in [0.15, 0.2) is 0 Å². The molecule has 6 nitrogen and oxygen atoms in total. The van der Waals surface area contributed by atoms with Gasteiger partial charge in [0.05, 0.1) is 0 Å². The zero-order valence-electron chi connectivity index (χ0n) is 17.4. The van der Waals surface area contributed by atoms with E-state index in [0.717, 1.165) is 23.3 Å². The third-order valence-electron chi connectivity index (χ3n) is 5.37. The average molecular weight is 411 g/mol. The lowest BCUT2D eigenvalue weighted by molar-refractivity contribution is -0.134. The molecule has 0 spiro atoms. The van der Waals surface area contributed by atoms with Crippen molar-refractivity contribution in [2.45, 2.75) is 45.7 Å². The average Bonchev–Trinajstić information content (AvgIpc) is 2.93. The smallest absolute Gasteiger partial charge is 0.325 e. The van der Waals surface area contributed by atoms with Gasteiger partial charge in [-0.2, -0.15) is 0 Å². The van der Waals surface area contributed by atoms with Gasteiger partial charge in [0.2, 0.25) is 5.91 Å². The van der Waals surface area contributed by atoms with Crippen LogP contribution in [-0.2, 0) is 28.1 Å². The predicted molar refractivity (Wildman–Crippen MR) is 111 cm³/mol. The highest BCUT2D eigenvalue weighted by atomic mass is 19.1. The Labute approximate surface area is 175 Å². The molecule has 1 unspecified atom stereocenters. The van der Waals surface area contributed by atoms with E-state index in [9.17, 15) is 18.8 Å². The summed E-state index contributed by atoms with van der Waals surface area (Å²) >= 11 is 0. The topological polar surface area (TPSA) is 78.5 Å². The molecule has 3 rings (SSSR count). The Balaban J connectivity index is 1.65. The van der Waals surface area contributed by atoms with E-state index in [1.807, 2.05) is 24.3 Å². The summed E-state index contributed by atoms with van der Waals surface area (Å²) in [6.45, 7) is 5.09. The lowest BCUT2D eigenvalue weighted by Crippen LogP contribution is -2.43. The molecule has 0 radical (unpaired) electrons. The SMILES string of the molecule is CCCc1ccc(C2(C)NC(=O)N(CC(=O)NCc3ccc(C)c(F)c3)C2=O)cc1. The summed E-state index contributed by atoms with van der Waals surface area (Å²) in [5, 5.41) is 5.32. The summed E-state index contributed by atoms with van der Waals surface area (Å²) in [6.07, 6.45) is 1.96. The Bertz CT molecular complexity index is 974. The molecule has 2 aromatic rings. The fourth-order valence-electron chi connectivity index (χ4n) is 3.48. The fourth-order valence-corrected chi connectivity index (χ4v) is 3.48. The molecule has 1 fully saturated rings. The minimum Gasteiger partial charge on any atom is -0.350 e. The van der Waals surface area contributed by atoms with Gasteiger partial charge in [-0.25, -0.2) is 9.18 Å². The lowest BCUT2D eigenvalue weighted by Gasteiger charge is -2.22. The van der Waals surface area contributed by atoms with Crippen molar-refractivity contribution < 1.29 is 18.8 Å². The van der Waals surface area contributed by atoms with Crippen LogP contribution in [0.5, 0.6) is 0 Å². The van der Waals surface area contributed by atoms with E-state index in [0.29, 0.717) is 16.7 Å². The first kappa shape index (κ1) is 21.5. The predicted octanol–water partition coefficient (Wildman–Crippen LogP) is 3.17. The first-order valence-corrected chi connectivity index (χ1v) is 10.00. The Morgan fingerprint density at radius 3 is 2.43 bits per heavy atom. The number of hydrogen-bond acceptors (Lipinski definition) is 3. The van der Waals surface area contributed by atoms with Crippen molar-refractivity contribution in [3.63, 3.8) is 0 Å². The van der Waals surface area contributed by atoms with Crippen LogP contribution in [0.1, 0.15) is 42.5 Å². The Kier molecular flexibility index (Phi) is 6.20. The van der Waals surface area contributed by atoms with Crippen LogP contribution in [0, 0.1) is 12.7 Å². The molecular weight excluding hydrogens is 385 g/mol. The van der Waals surface area contributed by atoms with Crippen LogP contribution >= 0.6 is 0 Å². The lowest BCUT2D eigenvalue weighted by atomic mass is 9.91. The maximum atomic E-state index is 13.6. The first-order chi connectivity index (χ1) is 14.2. The molecule has 158 valence electrons. The largest absolute Gasteiger partial charge is 0.350 e. The number of benzene rings is 2. The highest BCUT2D eigenvalue weighted by Crippen LogP contribution is 2.29. The van der Waals surface area contributed by atoms with E-state index in [-0.39, 0.29) is 12.4 Å². The highest BCUT2D eigenvalue weighted by Gasteiger charge is 2.49. The maximum absolute atomic E-state index is 13.6. The molecule has 30 heavy (non-hydrogen) atoms. The number of urea groups is 1. The second kappa shape index (κ2) is 8.65. The number of nitrogens with one attached hydrogen (secondary N) is 2. The molecule has 0 aliphatic carbocycles. The van der Waals surface area contributed by atoms with Gasteiger partial charge in [0.1, 0.15) is 17.9 Å². The summed E-state index contributed by atoms with van der Waals surface area (Å²) < 4.78 is 13.6. The molecule has 2 N–H and O–H groups in total. The molecular formula is C23H26FN3O3. The van der Waals surface area contributed by atoms with Crippen LogP contribution in [0.2, 0.25) is 0 Å². The molecule has 1 heterocycles. The molecule has 1 aliphatic rings. The quantitative estimate of drug-likeness (QED) is 0.687. The summed E-state index contributed by atoms with van der Waals surface area (Å²) in [6, 6.07) is 11.6. The van der Waals surface area contributed by atoms with Gasteiger partial charge < -0.3 is 10.6 Å². The standard InChI is InChI=1S/C23H26FN3O3/c1-4-5-16-8-10-18(11-9-16)23(3)21(29)27(22(30)26-23)14-20(28)25-13-17-7-6-15(2)19(24)12-17/h6-12H,4-5,13-14H2,1-3H3,(H,25,28)(H,26,30). The second-order valence-corrected chi connectivity index (χ2v) is 7.75. The third kappa shape index (κ3) is 4.35. The number of halogens is 1. The molecule has 2 aromatic carbocycles. The van der Waals surface area contributed by atoms with Crippen LogP contribution < -0.4 is 10.6 Å². The third-order valence-corrected chi connectivity index (χ3v) is 5.37. The van der Waals surface area contributed by atoms with Crippen molar-refractivity contribution in [2.24, 2.45) is 0 Å². The van der Waals surface area contributed by atoms with E-state index in [4.69, 9.17) is 0 Å². The molecule has 1 saturated heterocycles. The normalized spacial score (nSPS) is 18.5. The monoisotopic (exact) mass is 411 g/mol. The Hall–Kier alpha value is -3.22. The number of amides is 4. The van der Waals surface area contributed by atoms with Crippen LogP contribution in [0.15, 0.2) is 42.5 Å².